The standard InChI is InChI=1S/C17H13Cl2N3O/c18-14-2-1-3-15(16(14)19)21-17(23)13-6-4-12(5-7-13)10-22-9-8-20-11-22/h1-9,11H,10H2,(H,21,23). The van der Waals surface area contributed by atoms with Crippen molar-refractivity contribution in [2.45, 2.75) is 6.54 Å². The fourth-order valence-corrected chi connectivity index (χ4v) is 2.50. The number of amides is 1. The first-order chi connectivity index (χ1) is 11.1. The number of carbonyl (C=O) groups is 1. The zero-order chi connectivity index (χ0) is 16.2. The van der Waals surface area contributed by atoms with Crippen LogP contribution in [0.2, 0.25) is 10.0 Å². The normalized spacial score (nSPS) is 10.5. The van der Waals surface area contributed by atoms with Gasteiger partial charge in [0, 0.05) is 24.5 Å². The minimum absolute atomic E-state index is 0.233. The molecule has 0 radical (unpaired) electrons. The molecule has 4 nitrogen and oxygen atoms in total. The van der Waals surface area contributed by atoms with Crippen LogP contribution in [0.15, 0.2) is 61.2 Å². The third kappa shape index (κ3) is 3.73. The Morgan fingerprint density at radius 2 is 1.91 bits per heavy atom. The first-order valence-corrected chi connectivity index (χ1v) is 7.69. The molecule has 3 aromatic rings. The van der Waals surface area contributed by atoms with Crippen LogP contribution in [0.25, 0.3) is 0 Å². The van der Waals surface area contributed by atoms with E-state index in [4.69, 9.17) is 23.2 Å². The van der Waals surface area contributed by atoms with Gasteiger partial charge in [-0.3, -0.25) is 4.79 Å². The number of hydrogen-bond donors (Lipinski definition) is 1. The number of hydrogen-bond acceptors (Lipinski definition) is 2. The van der Waals surface area contributed by atoms with Crippen molar-refractivity contribution in [1.82, 2.24) is 9.55 Å². The predicted octanol–water partition coefficient (Wildman–Crippen LogP) is 4.49. The molecule has 0 unspecified atom stereocenters. The van der Waals surface area contributed by atoms with Crippen LogP contribution in [0.1, 0.15) is 15.9 Å². The summed E-state index contributed by atoms with van der Waals surface area (Å²) in [5.41, 5.74) is 2.13. The van der Waals surface area contributed by atoms with E-state index in [0.29, 0.717) is 27.8 Å². The van der Waals surface area contributed by atoms with Gasteiger partial charge in [-0.05, 0) is 29.8 Å². The largest absolute Gasteiger partial charge is 0.333 e. The summed E-state index contributed by atoms with van der Waals surface area (Å²) in [7, 11) is 0. The molecule has 116 valence electrons. The van der Waals surface area contributed by atoms with Crippen molar-refractivity contribution in [2.24, 2.45) is 0 Å². The maximum absolute atomic E-state index is 12.3. The van der Waals surface area contributed by atoms with Crippen LogP contribution >= 0.6 is 23.2 Å². The van der Waals surface area contributed by atoms with Crippen LogP contribution in [0.3, 0.4) is 0 Å². The molecule has 1 N–H and O–H groups in total. The van der Waals surface area contributed by atoms with Crippen LogP contribution in [0.5, 0.6) is 0 Å². The van der Waals surface area contributed by atoms with E-state index in [-0.39, 0.29) is 5.91 Å². The lowest BCUT2D eigenvalue weighted by Crippen LogP contribution is -2.12. The molecule has 0 saturated heterocycles. The topological polar surface area (TPSA) is 46.9 Å². The van der Waals surface area contributed by atoms with Crippen LogP contribution in [-0.2, 0) is 6.54 Å². The average Bonchev–Trinajstić information content (AvgIpc) is 3.05. The second-order valence-electron chi connectivity index (χ2n) is 4.99. The molecule has 0 aliphatic heterocycles. The Hall–Kier alpha value is -2.30. The van der Waals surface area contributed by atoms with Gasteiger partial charge in [0.1, 0.15) is 0 Å². The Kier molecular flexibility index (Phi) is 4.65. The van der Waals surface area contributed by atoms with Gasteiger partial charge in [0.05, 0.1) is 22.1 Å². The van der Waals surface area contributed by atoms with Crippen molar-refractivity contribution in [1.29, 1.82) is 0 Å². The summed E-state index contributed by atoms with van der Waals surface area (Å²) in [6.07, 6.45) is 5.38. The van der Waals surface area contributed by atoms with E-state index in [1.54, 1.807) is 42.9 Å². The number of carbonyl (C=O) groups excluding carboxylic acids is 1. The minimum Gasteiger partial charge on any atom is -0.333 e. The number of nitrogens with zero attached hydrogens (tertiary/aromatic N) is 2. The Balaban J connectivity index is 1.71. The van der Waals surface area contributed by atoms with Crippen LogP contribution in [0.4, 0.5) is 5.69 Å². The third-order valence-corrected chi connectivity index (χ3v) is 4.16. The van der Waals surface area contributed by atoms with E-state index in [0.717, 1.165) is 5.56 Å². The number of halogens is 2. The second-order valence-corrected chi connectivity index (χ2v) is 5.77. The number of aromatic nitrogens is 2. The molecule has 0 spiro atoms. The summed E-state index contributed by atoms with van der Waals surface area (Å²) >= 11 is 12.0. The van der Waals surface area contributed by atoms with Gasteiger partial charge in [0.15, 0.2) is 0 Å². The van der Waals surface area contributed by atoms with Crippen molar-refractivity contribution in [3.05, 3.63) is 82.4 Å². The maximum atomic E-state index is 12.3. The lowest BCUT2D eigenvalue weighted by atomic mass is 10.1. The molecule has 1 heterocycles. The monoisotopic (exact) mass is 345 g/mol. The zero-order valence-corrected chi connectivity index (χ0v) is 13.6. The Bertz CT molecular complexity index is 814. The van der Waals surface area contributed by atoms with Crippen molar-refractivity contribution in [3.63, 3.8) is 0 Å². The molecule has 0 aliphatic carbocycles. The molecule has 6 heteroatoms. The first kappa shape index (κ1) is 15.6. The molecule has 0 atom stereocenters. The average molecular weight is 346 g/mol. The summed E-state index contributed by atoms with van der Waals surface area (Å²) in [5, 5.41) is 3.50. The van der Waals surface area contributed by atoms with Crippen LogP contribution in [-0.4, -0.2) is 15.5 Å². The third-order valence-electron chi connectivity index (χ3n) is 3.34. The number of anilines is 1. The van der Waals surface area contributed by atoms with Crippen molar-refractivity contribution in [2.75, 3.05) is 5.32 Å². The van der Waals surface area contributed by atoms with Gasteiger partial charge in [-0.15, -0.1) is 0 Å². The van der Waals surface area contributed by atoms with Crippen molar-refractivity contribution in [3.8, 4) is 0 Å². The van der Waals surface area contributed by atoms with E-state index in [9.17, 15) is 4.79 Å². The molecular weight excluding hydrogens is 333 g/mol. The Morgan fingerprint density at radius 3 is 2.61 bits per heavy atom. The molecule has 0 bridgehead atoms. The van der Waals surface area contributed by atoms with E-state index >= 15 is 0 Å². The summed E-state index contributed by atoms with van der Waals surface area (Å²) in [4.78, 5) is 16.3. The van der Waals surface area contributed by atoms with Gasteiger partial charge < -0.3 is 9.88 Å². The molecule has 0 saturated carbocycles. The lowest BCUT2D eigenvalue weighted by Gasteiger charge is -2.09. The Labute approximate surface area is 143 Å². The number of benzene rings is 2. The molecule has 1 amide bonds. The fraction of sp³-hybridized carbons (Fsp3) is 0.0588. The fourth-order valence-electron chi connectivity index (χ4n) is 2.15. The summed E-state index contributed by atoms with van der Waals surface area (Å²) in [6, 6.07) is 12.5. The first-order valence-electron chi connectivity index (χ1n) is 6.93. The molecule has 23 heavy (non-hydrogen) atoms. The van der Waals surface area contributed by atoms with E-state index < -0.39 is 0 Å². The predicted molar refractivity (Wildman–Crippen MR) is 92.2 cm³/mol. The maximum Gasteiger partial charge on any atom is 0.255 e. The van der Waals surface area contributed by atoms with Crippen LogP contribution in [0, 0.1) is 0 Å². The highest BCUT2D eigenvalue weighted by atomic mass is 35.5. The highest BCUT2D eigenvalue weighted by Gasteiger charge is 2.10. The van der Waals surface area contributed by atoms with Gasteiger partial charge in [0.2, 0.25) is 0 Å². The summed E-state index contributed by atoms with van der Waals surface area (Å²) in [5.74, 6) is -0.233. The highest BCUT2D eigenvalue weighted by molar-refractivity contribution is 6.44. The summed E-state index contributed by atoms with van der Waals surface area (Å²) in [6.45, 7) is 0.710. The molecule has 2 aromatic carbocycles. The van der Waals surface area contributed by atoms with Gasteiger partial charge >= 0.3 is 0 Å². The smallest absolute Gasteiger partial charge is 0.255 e. The quantitative estimate of drug-likeness (QED) is 0.757. The SMILES string of the molecule is O=C(Nc1cccc(Cl)c1Cl)c1ccc(Cn2ccnc2)cc1. The minimum atomic E-state index is -0.233. The molecule has 3 rings (SSSR count). The van der Waals surface area contributed by atoms with E-state index in [2.05, 4.69) is 10.3 Å². The van der Waals surface area contributed by atoms with Gasteiger partial charge in [-0.2, -0.15) is 0 Å². The zero-order valence-electron chi connectivity index (χ0n) is 12.0. The molecule has 1 aromatic heterocycles. The van der Waals surface area contributed by atoms with E-state index in [1.807, 2.05) is 22.9 Å². The molecule has 0 aliphatic rings. The lowest BCUT2D eigenvalue weighted by molar-refractivity contribution is 0.102. The van der Waals surface area contributed by atoms with Gasteiger partial charge in [-0.1, -0.05) is 41.4 Å². The molecular formula is C17H13Cl2N3O. The van der Waals surface area contributed by atoms with Crippen molar-refractivity contribution < 1.29 is 4.79 Å². The molecule has 0 fully saturated rings. The number of rotatable bonds is 4. The Morgan fingerprint density at radius 1 is 1.13 bits per heavy atom. The second kappa shape index (κ2) is 6.86. The number of imidazole rings is 1. The van der Waals surface area contributed by atoms with Gasteiger partial charge in [-0.25, -0.2) is 4.98 Å². The van der Waals surface area contributed by atoms with Gasteiger partial charge in [0.25, 0.3) is 5.91 Å². The van der Waals surface area contributed by atoms with E-state index in [1.165, 1.54) is 0 Å². The van der Waals surface area contributed by atoms with Crippen LogP contribution < -0.4 is 5.32 Å². The number of nitrogens with one attached hydrogen (secondary N) is 1. The van der Waals surface area contributed by atoms with Crippen molar-refractivity contribution >= 4 is 34.8 Å². The highest BCUT2D eigenvalue weighted by Crippen LogP contribution is 2.29. The summed E-state index contributed by atoms with van der Waals surface area (Å²) < 4.78 is 1.96.